The summed E-state index contributed by atoms with van der Waals surface area (Å²) in [6.45, 7) is 14.4. The van der Waals surface area contributed by atoms with E-state index < -0.39 is 23.9 Å². The first kappa shape index (κ1) is 20.2. The molecule has 1 atom stereocenters. The van der Waals surface area contributed by atoms with Crippen LogP contribution < -0.4 is 5.46 Å². The number of aromatic nitrogens is 2. The van der Waals surface area contributed by atoms with E-state index in [1.165, 1.54) is 0 Å². The van der Waals surface area contributed by atoms with Gasteiger partial charge in [-0.15, -0.1) is 0 Å². The molecule has 3 heterocycles. The molecule has 0 bridgehead atoms. The zero-order valence-corrected chi connectivity index (χ0v) is 17.6. The molecule has 8 heteroatoms. The average Bonchev–Trinajstić information content (AvgIpc) is 3.09. The lowest BCUT2D eigenvalue weighted by atomic mass is 9.82. The highest BCUT2D eigenvalue weighted by molar-refractivity contribution is 6.62. The van der Waals surface area contributed by atoms with E-state index in [4.69, 9.17) is 14.0 Å². The number of amides is 1. The monoisotopic (exact) mass is 377 g/mol. The molecule has 3 rings (SSSR count). The van der Waals surface area contributed by atoms with E-state index in [0.717, 1.165) is 24.7 Å². The minimum Gasteiger partial charge on any atom is -0.444 e. The highest BCUT2D eigenvalue weighted by atomic mass is 16.7. The van der Waals surface area contributed by atoms with Crippen LogP contribution >= 0.6 is 0 Å². The number of carbonyl (C=O) groups excluding carboxylic acids is 1. The molecule has 0 aromatic carbocycles. The summed E-state index contributed by atoms with van der Waals surface area (Å²) in [5.41, 5.74) is -0.444. The van der Waals surface area contributed by atoms with Crippen LogP contribution in [0.15, 0.2) is 12.4 Å². The number of ether oxygens (including phenoxy) is 1. The maximum absolute atomic E-state index is 12.6. The number of hydrogen-bond acceptors (Lipinski definition) is 5. The third-order valence-corrected chi connectivity index (χ3v) is 5.55. The van der Waals surface area contributed by atoms with Gasteiger partial charge in [0.2, 0.25) is 0 Å². The predicted molar refractivity (Wildman–Crippen MR) is 104 cm³/mol. The van der Waals surface area contributed by atoms with Gasteiger partial charge in [0.25, 0.3) is 0 Å². The van der Waals surface area contributed by atoms with Gasteiger partial charge in [-0.2, -0.15) is 5.10 Å². The summed E-state index contributed by atoms with van der Waals surface area (Å²) in [6.07, 6.45) is 6.13. The fourth-order valence-corrected chi connectivity index (χ4v) is 3.34. The Kier molecular flexibility index (Phi) is 5.10. The average molecular weight is 377 g/mol. The molecular weight excluding hydrogens is 345 g/mol. The van der Waals surface area contributed by atoms with Crippen LogP contribution in [0.1, 0.15) is 73.9 Å². The normalized spacial score (nSPS) is 24.9. The van der Waals surface area contributed by atoms with Crippen LogP contribution in [0.3, 0.4) is 0 Å². The van der Waals surface area contributed by atoms with E-state index in [1.807, 2.05) is 59.3 Å². The van der Waals surface area contributed by atoms with Crippen LogP contribution in [-0.4, -0.2) is 51.2 Å². The predicted octanol–water partition coefficient (Wildman–Crippen LogP) is 3.10. The minimum absolute atomic E-state index is 0.148. The minimum atomic E-state index is -0.517. The molecule has 150 valence electrons. The van der Waals surface area contributed by atoms with E-state index in [1.54, 1.807) is 11.1 Å². The summed E-state index contributed by atoms with van der Waals surface area (Å²) in [5.74, 6) is 0. The quantitative estimate of drug-likeness (QED) is 0.741. The first-order valence-electron chi connectivity index (χ1n) is 9.79. The highest BCUT2D eigenvalue weighted by Gasteiger charge is 2.52. The van der Waals surface area contributed by atoms with Gasteiger partial charge < -0.3 is 14.0 Å². The van der Waals surface area contributed by atoms with Gasteiger partial charge in [0.15, 0.2) is 0 Å². The standard InChI is InChI=1S/C19H32BN3O4/c1-17(2,3)25-16(24)22-11-9-8-10-15(22)23-13-14(12-21-23)20-26-18(4,5)19(6,7)27-20/h12-13,15H,8-11H2,1-7H3. The zero-order chi connectivity index (χ0) is 20.0. The van der Waals surface area contributed by atoms with Gasteiger partial charge in [-0.3, -0.25) is 9.58 Å². The lowest BCUT2D eigenvalue weighted by molar-refractivity contribution is -0.00343. The second kappa shape index (κ2) is 6.81. The van der Waals surface area contributed by atoms with Crippen molar-refractivity contribution >= 4 is 18.7 Å². The van der Waals surface area contributed by atoms with Crippen LogP contribution in [0.4, 0.5) is 4.79 Å². The smallest absolute Gasteiger partial charge is 0.444 e. The molecule has 1 aromatic rings. The van der Waals surface area contributed by atoms with Gasteiger partial charge in [-0.1, -0.05) is 0 Å². The van der Waals surface area contributed by atoms with Crippen molar-refractivity contribution < 1.29 is 18.8 Å². The summed E-state index contributed by atoms with van der Waals surface area (Å²) < 4.78 is 19.6. The Morgan fingerprint density at radius 1 is 1.22 bits per heavy atom. The van der Waals surface area contributed by atoms with Crippen molar-refractivity contribution in [1.82, 2.24) is 14.7 Å². The Hall–Kier alpha value is -1.54. The molecule has 2 saturated heterocycles. The molecule has 1 aromatic heterocycles. The lowest BCUT2D eigenvalue weighted by Crippen LogP contribution is -2.44. The number of piperidine rings is 1. The first-order chi connectivity index (χ1) is 12.4. The molecule has 0 aliphatic carbocycles. The van der Waals surface area contributed by atoms with Gasteiger partial charge in [0.05, 0.1) is 11.2 Å². The molecule has 2 aliphatic heterocycles. The zero-order valence-electron chi connectivity index (χ0n) is 17.6. The van der Waals surface area contributed by atoms with E-state index in [9.17, 15) is 4.79 Å². The van der Waals surface area contributed by atoms with Crippen molar-refractivity contribution in [3.8, 4) is 0 Å². The number of rotatable bonds is 2. The van der Waals surface area contributed by atoms with Crippen LogP contribution in [0, 0.1) is 0 Å². The molecule has 0 radical (unpaired) electrons. The summed E-state index contributed by atoms with van der Waals surface area (Å²) in [5, 5.41) is 4.52. The van der Waals surface area contributed by atoms with E-state index in [0.29, 0.717) is 6.54 Å². The molecule has 7 nitrogen and oxygen atoms in total. The Labute approximate surface area is 162 Å². The Bertz CT molecular complexity index is 679. The van der Waals surface area contributed by atoms with Crippen LogP contribution in [0.2, 0.25) is 0 Å². The van der Waals surface area contributed by atoms with Crippen molar-refractivity contribution in [2.45, 2.75) is 90.7 Å². The Morgan fingerprint density at radius 2 is 1.85 bits per heavy atom. The Balaban J connectivity index is 1.77. The third-order valence-electron chi connectivity index (χ3n) is 5.55. The van der Waals surface area contributed by atoms with Crippen molar-refractivity contribution in [2.75, 3.05) is 6.54 Å². The maximum Gasteiger partial charge on any atom is 0.498 e. The number of likely N-dealkylation sites (tertiary alicyclic amines) is 1. The van der Waals surface area contributed by atoms with Crippen LogP contribution in [0.25, 0.3) is 0 Å². The van der Waals surface area contributed by atoms with Crippen molar-refractivity contribution in [2.24, 2.45) is 0 Å². The number of hydrogen-bond donors (Lipinski definition) is 0. The molecule has 1 unspecified atom stereocenters. The molecule has 0 spiro atoms. The van der Waals surface area contributed by atoms with Crippen LogP contribution in [0.5, 0.6) is 0 Å². The largest absolute Gasteiger partial charge is 0.498 e. The topological polar surface area (TPSA) is 65.8 Å². The third kappa shape index (κ3) is 4.16. The summed E-state index contributed by atoms with van der Waals surface area (Å²) >= 11 is 0. The van der Waals surface area contributed by atoms with Gasteiger partial charge in [-0.25, -0.2) is 4.79 Å². The highest BCUT2D eigenvalue weighted by Crippen LogP contribution is 2.36. The summed E-state index contributed by atoms with van der Waals surface area (Å²) in [7, 11) is -0.456. The fourth-order valence-electron chi connectivity index (χ4n) is 3.34. The summed E-state index contributed by atoms with van der Waals surface area (Å²) in [4.78, 5) is 14.4. The first-order valence-corrected chi connectivity index (χ1v) is 9.79. The van der Waals surface area contributed by atoms with Crippen molar-refractivity contribution in [3.63, 3.8) is 0 Å². The molecule has 0 saturated carbocycles. The molecule has 2 aliphatic rings. The molecule has 0 N–H and O–H groups in total. The molecule has 1 amide bonds. The molecule has 27 heavy (non-hydrogen) atoms. The SMILES string of the molecule is CC(C)(C)OC(=O)N1CCCCC1n1cc(B2OC(C)(C)C(C)(C)O2)cn1. The number of carbonyl (C=O) groups is 1. The van der Waals surface area contributed by atoms with Crippen LogP contribution in [-0.2, 0) is 14.0 Å². The summed E-state index contributed by atoms with van der Waals surface area (Å²) in [6, 6.07) is 0. The second-order valence-electron chi connectivity index (χ2n) is 9.49. The van der Waals surface area contributed by atoms with Crippen molar-refractivity contribution in [3.05, 3.63) is 12.4 Å². The van der Waals surface area contributed by atoms with Gasteiger partial charge in [0.1, 0.15) is 11.8 Å². The van der Waals surface area contributed by atoms with Gasteiger partial charge in [-0.05, 0) is 67.7 Å². The van der Waals surface area contributed by atoms with Gasteiger partial charge >= 0.3 is 13.2 Å². The van der Waals surface area contributed by atoms with E-state index in [2.05, 4.69) is 5.10 Å². The van der Waals surface area contributed by atoms with E-state index in [-0.39, 0.29) is 12.3 Å². The Morgan fingerprint density at radius 3 is 2.44 bits per heavy atom. The number of nitrogens with zero attached hydrogens (tertiary/aromatic N) is 3. The fraction of sp³-hybridized carbons (Fsp3) is 0.789. The molecule has 2 fully saturated rings. The van der Waals surface area contributed by atoms with Gasteiger partial charge in [0, 0.05) is 24.4 Å². The maximum atomic E-state index is 12.6. The molecular formula is C19H32BN3O4. The second-order valence-corrected chi connectivity index (χ2v) is 9.49. The van der Waals surface area contributed by atoms with E-state index >= 15 is 0 Å². The lowest BCUT2D eigenvalue weighted by Gasteiger charge is -2.36. The van der Waals surface area contributed by atoms with Crippen molar-refractivity contribution in [1.29, 1.82) is 0 Å².